The maximum Gasteiger partial charge on any atom is 0.327 e. The van der Waals surface area contributed by atoms with Crippen LogP contribution in [0.5, 0.6) is 0 Å². The molecule has 2 aliphatic rings. The van der Waals surface area contributed by atoms with E-state index in [4.69, 9.17) is 4.65 Å². The minimum Gasteiger partial charge on any atom is -0.426 e. The second-order valence-corrected chi connectivity index (χ2v) is 7.96. The van der Waals surface area contributed by atoms with Crippen LogP contribution < -0.4 is 5.46 Å². The summed E-state index contributed by atoms with van der Waals surface area (Å²) in [6, 6.07) is 15.7. The first-order valence-corrected chi connectivity index (χ1v) is 8.26. The van der Waals surface area contributed by atoms with E-state index in [-0.39, 0.29) is 17.9 Å². The topological polar surface area (TPSA) is 9.23 Å². The van der Waals surface area contributed by atoms with Crippen molar-refractivity contribution in [2.45, 2.75) is 46.0 Å². The Hall–Kier alpha value is -1.54. The fourth-order valence-corrected chi connectivity index (χ4v) is 3.79. The maximum atomic E-state index is 6.40. The van der Waals surface area contributed by atoms with E-state index in [0.717, 1.165) is 12.7 Å². The fraction of sp³-hybridized carbons (Fsp3) is 0.400. The van der Waals surface area contributed by atoms with Crippen molar-refractivity contribution in [2.24, 2.45) is 5.41 Å². The molecule has 2 aromatic carbocycles. The van der Waals surface area contributed by atoms with Crippen LogP contribution in [0.4, 0.5) is 0 Å². The van der Waals surface area contributed by atoms with Gasteiger partial charge in [-0.3, -0.25) is 0 Å². The lowest BCUT2D eigenvalue weighted by Crippen LogP contribution is -2.36. The van der Waals surface area contributed by atoms with Crippen LogP contribution in [0.15, 0.2) is 42.5 Å². The second kappa shape index (κ2) is 4.49. The number of fused-ring (bicyclic) bond motifs is 3. The molecule has 0 amide bonds. The summed E-state index contributed by atoms with van der Waals surface area (Å²) in [5.41, 5.74) is 7.15. The zero-order valence-corrected chi connectivity index (χ0v) is 13.9. The Labute approximate surface area is 133 Å². The van der Waals surface area contributed by atoms with Crippen molar-refractivity contribution in [2.75, 3.05) is 0 Å². The van der Waals surface area contributed by atoms with Gasteiger partial charge in [0.05, 0.1) is 5.60 Å². The first-order chi connectivity index (χ1) is 10.4. The van der Waals surface area contributed by atoms with E-state index in [1.54, 1.807) is 0 Å². The number of rotatable bonds is 1. The van der Waals surface area contributed by atoms with E-state index >= 15 is 0 Å². The van der Waals surface area contributed by atoms with Crippen LogP contribution in [0, 0.1) is 5.41 Å². The summed E-state index contributed by atoms with van der Waals surface area (Å²) in [6.45, 7) is 9.28. The molecule has 1 heterocycles. The van der Waals surface area contributed by atoms with E-state index in [9.17, 15) is 0 Å². The van der Waals surface area contributed by atoms with Gasteiger partial charge in [-0.15, -0.1) is 0 Å². The predicted molar refractivity (Wildman–Crippen MR) is 93.8 cm³/mol. The van der Waals surface area contributed by atoms with Crippen molar-refractivity contribution in [3.8, 4) is 11.1 Å². The lowest BCUT2D eigenvalue weighted by atomic mass is 9.54. The molecule has 0 spiro atoms. The molecule has 0 aromatic heterocycles. The molecule has 2 heteroatoms. The van der Waals surface area contributed by atoms with Gasteiger partial charge in [0.25, 0.3) is 0 Å². The molecular formula is C20H23BO. The molecule has 1 saturated heterocycles. The highest BCUT2D eigenvalue weighted by Gasteiger charge is 2.49. The SMILES string of the molecule is CC1(C)CB(c2ccc3c(c2)-c2ccccc2C3)OC1(C)C. The van der Waals surface area contributed by atoms with Gasteiger partial charge < -0.3 is 4.65 Å². The monoisotopic (exact) mass is 290 g/mol. The molecule has 1 nitrogen and oxygen atoms in total. The van der Waals surface area contributed by atoms with Gasteiger partial charge in [-0.05, 0) is 59.7 Å². The Morgan fingerprint density at radius 3 is 2.36 bits per heavy atom. The normalized spacial score (nSPS) is 20.8. The minimum atomic E-state index is -0.0748. The quantitative estimate of drug-likeness (QED) is 0.607. The van der Waals surface area contributed by atoms with Crippen LogP contribution >= 0.6 is 0 Å². The van der Waals surface area contributed by atoms with Crippen molar-refractivity contribution >= 4 is 12.4 Å². The largest absolute Gasteiger partial charge is 0.426 e. The standard InChI is InChI=1S/C20H23BO/c1-19(2)13-21(22-20(19,3)4)16-10-9-15-11-14-7-5-6-8-17(14)18(15)12-16/h5-10,12H,11,13H2,1-4H3. The summed E-state index contributed by atoms with van der Waals surface area (Å²) in [6.07, 6.45) is 2.15. The zero-order chi connectivity index (χ0) is 15.5. The van der Waals surface area contributed by atoms with E-state index in [1.165, 1.54) is 27.7 Å². The summed E-state index contributed by atoms with van der Waals surface area (Å²) in [4.78, 5) is 0. The second-order valence-electron chi connectivity index (χ2n) is 7.96. The molecule has 1 fully saturated rings. The van der Waals surface area contributed by atoms with Gasteiger partial charge in [0.15, 0.2) is 0 Å². The molecule has 2 aromatic rings. The van der Waals surface area contributed by atoms with E-state index in [2.05, 4.69) is 70.2 Å². The summed E-state index contributed by atoms with van der Waals surface area (Å²) >= 11 is 0. The third kappa shape index (κ3) is 1.97. The Morgan fingerprint density at radius 1 is 0.909 bits per heavy atom. The van der Waals surface area contributed by atoms with Crippen LogP contribution in [0.25, 0.3) is 11.1 Å². The van der Waals surface area contributed by atoms with Crippen LogP contribution in [-0.4, -0.2) is 12.5 Å². The van der Waals surface area contributed by atoms with Crippen LogP contribution in [0.1, 0.15) is 38.8 Å². The molecule has 4 rings (SSSR count). The van der Waals surface area contributed by atoms with E-state index < -0.39 is 0 Å². The molecule has 0 unspecified atom stereocenters. The van der Waals surface area contributed by atoms with Gasteiger partial charge in [0.2, 0.25) is 0 Å². The summed E-state index contributed by atoms with van der Waals surface area (Å²) in [7, 11) is 0. The summed E-state index contributed by atoms with van der Waals surface area (Å²) in [5.74, 6) is 0. The number of benzene rings is 2. The molecule has 22 heavy (non-hydrogen) atoms. The first kappa shape index (κ1) is 14.1. The van der Waals surface area contributed by atoms with Gasteiger partial charge in [-0.1, -0.05) is 56.3 Å². The Kier molecular flexibility index (Phi) is 2.87. The Balaban J connectivity index is 1.73. The molecule has 1 aliphatic heterocycles. The Bertz CT molecular complexity index is 729. The molecule has 0 N–H and O–H groups in total. The molecule has 112 valence electrons. The van der Waals surface area contributed by atoms with Crippen molar-refractivity contribution < 1.29 is 4.65 Å². The molecule has 0 atom stereocenters. The molecule has 1 aliphatic carbocycles. The lowest BCUT2D eigenvalue weighted by Gasteiger charge is -2.34. The van der Waals surface area contributed by atoms with Crippen molar-refractivity contribution in [3.05, 3.63) is 53.6 Å². The number of hydrogen-bond acceptors (Lipinski definition) is 1. The highest BCUT2D eigenvalue weighted by atomic mass is 16.5. The van der Waals surface area contributed by atoms with Gasteiger partial charge in [0.1, 0.15) is 0 Å². The summed E-state index contributed by atoms with van der Waals surface area (Å²) < 4.78 is 6.40. The first-order valence-electron chi connectivity index (χ1n) is 8.26. The fourth-order valence-electron chi connectivity index (χ4n) is 3.79. The molecular weight excluding hydrogens is 267 g/mol. The van der Waals surface area contributed by atoms with Gasteiger partial charge in [-0.25, -0.2) is 0 Å². The molecule has 0 bridgehead atoms. The van der Waals surface area contributed by atoms with E-state index in [1.807, 2.05) is 0 Å². The smallest absolute Gasteiger partial charge is 0.327 e. The Morgan fingerprint density at radius 2 is 1.64 bits per heavy atom. The maximum absolute atomic E-state index is 6.40. The zero-order valence-electron chi connectivity index (χ0n) is 13.9. The van der Waals surface area contributed by atoms with Crippen LogP contribution in [0.3, 0.4) is 0 Å². The van der Waals surface area contributed by atoms with Crippen molar-refractivity contribution in [1.29, 1.82) is 0 Å². The van der Waals surface area contributed by atoms with Gasteiger partial charge >= 0.3 is 6.92 Å². The van der Waals surface area contributed by atoms with Crippen LogP contribution in [-0.2, 0) is 11.1 Å². The van der Waals surface area contributed by atoms with Crippen molar-refractivity contribution in [3.63, 3.8) is 0 Å². The summed E-state index contributed by atoms with van der Waals surface area (Å²) in [5, 5.41) is 0. The minimum absolute atomic E-state index is 0.0748. The van der Waals surface area contributed by atoms with Crippen LogP contribution in [0.2, 0.25) is 6.32 Å². The van der Waals surface area contributed by atoms with Gasteiger partial charge in [0, 0.05) is 0 Å². The van der Waals surface area contributed by atoms with E-state index in [0.29, 0.717) is 0 Å². The van der Waals surface area contributed by atoms with Crippen molar-refractivity contribution in [1.82, 2.24) is 0 Å². The average Bonchev–Trinajstić information content (AvgIpc) is 2.93. The third-order valence-electron chi connectivity index (χ3n) is 5.96. The average molecular weight is 290 g/mol. The number of hydrogen-bond donors (Lipinski definition) is 0. The predicted octanol–water partition coefficient (Wildman–Crippen LogP) is 4.29. The molecule has 0 saturated carbocycles. The third-order valence-corrected chi connectivity index (χ3v) is 5.96. The van der Waals surface area contributed by atoms with Gasteiger partial charge in [-0.2, -0.15) is 0 Å². The lowest BCUT2D eigenvalue weighted by molar-refractivity contribution is 0.0375. The highest BCUT2D eigenvalue weighted by molar-refractivity contribution is 6.68. The molecule has 0 radical (unpaired) electrons. The highest BCUT2D eigenvalue weighted by Crippen LogP contribution is 2.45.